The highest BCUT2D eigenvalue weighted by Gasteiger charge is 2.22. The Hall–Kier alpha value is -2.34. The first kappa shape index (κ1) is 17.0. The van der Waals surface area contributed by atoms with E-state index in [-0.39, 0.29) is 16.2 Å². The molecule has 0 atom stereocenters. The van der Waals surface area contributed by atoms with Gasteiger partial charge in [-0.15, -0.1) is 0 Å². The summed E-state index contributed by atoms with van der Waals surface area (Å²) in [5.41, 5.74) is 2.35. The van der Waals surface area contributed by atoms with Crippen LogP contribution in [-0.2, 0) is 14.6 Å². The van der Waals surface area contributed by atoms with Crippen molar-refractivity contribution in [1.29, 1.82) is 0 Å². The second-order valence-electron chi connectivity index (χ2n) is 5.18. The Morgan fingerprint density at radius 3 is 2.13 bits per heavy atom. The minimum atomic E-state index is -3.54. The van der Waals surface area contributed by atoms with E-state index in [1.807, 2.05) is 31.2 Å². The highest BCUT2D eigenvalue weighted by atomic mass is 32.2. The fourth-order valence-corrected chi connectivity index (χ4v) is 3.17. The lowest BCUT2D eigenvalue weighted by Crippen LogP contribution is -2.08. The largest absolute Gasteiger partial charge is 0.496 e. The van der Waals surface area contributed by atoms with E-state index in [1.54, 1.807) is 6.07 Å². The van der Waals surface area contributed by atoms with Crippen molar-refractivity contribution in [3.63, 3.8) is 0 Å². The molecule has 0 saturated carbocycles. The molecule has 0 unspecified atom stereocenters. The summed E-state index contributed by atoms with van der Waals surface area (Å²) in [5.74, 6) is -0.387. The van der Waals surface area contributed by atoms with E-state index in [4.69, 9.17) is 9.47 Å². The van der Waals surface area contributed by atoms with Gasteiger partial charge in [-0.1, -0.05) is 29.8 Å². The molecule has 0 heterocycles. The summed E-state index contributed by atoms with van der Waals surface area (Å²) in [5, 5.41) is 0. The molecule has 0 spiro atoms. The molecule has 0 fully saturated rings. The third-order valence-electron chi connectivity index (χ3n) is 3.47. The van der Waals surface area contributed by atoms with Crippen LogP contribution in [0.5, 0.6) is 5.75 Å². The second kappa shape index (κ2) is 6.42. The van der Waals surface area contributed by atoms with E-state index in [0.29, 0.717) is 5.56 Å². The average Bonchev–Trinajstić information content (AvgIpc) is 2.52. The predicted octanol–water partition coefficient (Wildman–Crippen LogP) is 2.86. The van der Waals surface area contributed by atoms with Gasteiger partial charge >= 0.3 is 5.97 Å². The number of sulfone groups is 1. The zero-order valence-corrected chi connectivity index (χ0v) is 14.2. The molecule has 5 nitrogen and oxygen atoms in total. The number of rotatable bonds is 4. The molecule has 0 aliphatic heterocycles. The smallest absolute Gasteiger partial charge is 0.341 e. The van der Waals surface area contributed by atoms with E-state index in [9.17, 15) is 13.2 Å². The number of aryl methyl sites for hydroxylation is 1. The molecule has 0 radical (unpaired) electrons. The molecule has 0 aliphatic carbocycles. The minimum absolute atomic E-state index is 0.0579. The minimum Gasteiger partial charge on any atom is -0.496 e. The van der Waals surface area contributed by atoms with Gasteiger partial charge in [-0.3, -0.25) is 0 Å². The standard InChI is InChI=1S/C17H18O5S/c1-11-5-7-12(8-6-11)13-9-15(21-2)14(17(18)22-3)10-16(13)23(4,19)20/h5-10H,1-4H3. The Labute approximate surface area is 135 Å². The number of ether oxygens (including phenoxy) is 2. The van der Waals surface area contributed by atoms with E-state index in [2.05, 4.69) is 0 Å². The second-order valence-corrected chi connectivity index (χ2v) is 7.16. The molecule has 122 valence electrons. The van der Waals surface area contributed by atoms with Crippen LogP contribution in [0.2, 0.25) is 0 Å². The molecule has 6 heteroatoms. The summed E-state index contributed by atoms with van der Waals surface area (Å²) in [6.45, 7) is 1.95. The van der Waals surface area contributed by atoms with Gasteiger partial charge in [0.2, 0.25) is 0 Å². The summed E-state index contributed by atoms with van der Waals surface area (Å²) >= 11 is 0. The van der Waals surface area contributed by atoms with Crippen LogP contribution in [0.1, 0.15) is 15.9 Å². The Bertz CT molecular complexity index is 836. The first-order valence-corrected chi connectivity index (χ1v) is 8.74. The average molecular weight is 334 g/mol. The van der Waals surface area contributed by atoms with E-state index in [1.165, 1.54) is 20.3 Å². The topological polar surface area (TPSA) is 69.7 Å². The molecule has 23 heavy (non-hydrogen) atoms. The quantitative estimate of drug-likeness (QED) is 0.804. The fraction of sp³-hybridized carbons (Fsp3) is 0.235. The van der Waals surface area contributed by atoms with Crippen molar-refractivity contribution in [2.45, 2.75) is 11.8 Å². The molecule has 2 rings (SSSR count). The zero-order chi connectivity index (χ0) is 17.2. The lowest BCUT2D eigenvalue weighted by atomic mass is 10.0. The summed E-state index contributed by atoms with van der Waals surface area (Å²) in [6, 6.07) is 10.3. The summed E-state index contributed by atoms with van der Waals surface area (Å²) in [6.07, 6.45) is 1.10. The Kier molecular flexibility index (Phi) is 4.75. The van der Waals surface area contributed by atoms with Crippen molar-refractivity contribution in [2.75, 3.05) is 20.5 Å². The Balaban J connectivity index is 2.79. The maximum Gasteiger partial charge on any atom is 0.341 e. The van der Waals surface area contributed by atoms with Crippen molar-refractivity contribution >= 4 is 15.8 Å². The number of carbonyl (C=O) groups is 1. The maximum absolute atomic E-state index is 12.2. The lowest BCUT2D eigenvalue weighted by Gasteiger charge is -2.14. The van der Waals surface area contributed by atoms with Crippen LogP contribution in [0.15, 0.2) is 41.3 Å². The summed E-state index contributed by atoms with van der Waals surface area (Å²) in [7, 11) is -0.895. The molecule has 0 bridgehead atoms. The Morgan fingerprint density at radius 2 is 1.65 bits per heavy atom. The van der Waals surface area contributed by atoms with Crippen molar-refractivity contribution in [3.05, 3.63) is 47.5 Å². The van der Waals surface area contributed by atoms with Gasteiger partial charge in [0, 0.05) is 11.8 Å². The van der Waals surface area contributed by atoms with Gasteiger partial charge in [-0.2, -0.15) is 0 Å². The molecular weight excluding hydrogens is 316 g/mol. The van der Waals surface area contributed by atoms with Crippen LogP contribution in [0.3, 0.4) is 0 Å². The predicted molar refractivity (Wildman–Crippen MR) is 87.6 cm³/mol. The van der Waals surface area contributed by atoms with E-state index < -0.39 is 15.8 Å². The molecular formula is C17H18O5S. The molecule has 0 aromatic heterocycles. The molecule has 0 saturated heterocycles. The molecule has 0 aliphatic rings. The molecule has 2 aromatic rings. The van der Waals surface area contributed by atoms with E-state index in [0.717, 1.165) is 17.4 Å². The third kappa shape index (κ3) is 3.53. The van der Waals surface area contributed by atoms with Crippen LogP contribution in [0.25, 0.3) is 11.1 Å². The molecule has 0 N–H and O–H groups in total. The van der Waals surface area contributed by atoms with Crippen LogP contribution in [0, 0.1) is 6.92 Å². The number of methoxy groups -OCH3 is 2. The summed E-state index contributed by atoms with van der Waals surface area (Å²) in [4.78, 5) is 11.9. The van der Waals surface area contributed by atoms with Crippen LogP contribution in [0.4, 0.5) is 0 Å². The highest BCUT2D eigenvalue weighted by molar-refractivity contribution is 7.90. The van der Waals surface area contributed by atoms with Crippen LogP contribution in [-0.4, -0.2) is 34.9 Å². The zero-order valence-electron chi connectivity index (χ0n) is 13.4. The lowest BCUT2D eigenvalue weighted by molar-refractivity contribution is 0.0597. The monoisotopic (exact) mass is 334 g/mol. The Morgan fingerprint density at radius 1 is 1.04 bits per heavy atom. The highest BCUT2D eigenvalue weighted by Crippen LogP contribution is 2.34. The molecule has 0 amide bonds. The number of benzene rings is 2. The van der Waals surface area contributed by atoms with Gasteiger partial charge in [-0.25, -0.2) is 13.2 Å². The maximum atomic E-state index is 12.2. The van der Waals surface area contributed by atoms with Gasteiger partial charge < -0.3 is 9.47 Å². The number of hydrogen-bond acceptors (Lipinski definition) is 5. The van der Waals surface area contributed by atoms with Crippen molar-refractivity contribution in [1.82, 2.24) is 0 Å². The van der Waals surface area contributed by atoms with Crippen molar-refractivity contribution < 1.29 is 22.7 Å². The first-order valence-electron chi connectivity index (χ1n) is 6.85. The number of carbonyl (C=O) groups excluding carboxylic acids is 1. The first-order chi connectivity index (χ1) is 10.8. The molecule has 2 aromatic carbocycles. The van der Waals surface area contributed by atoms with Crippen molar-refractivity contribution in [2.24, 2.45) is 0 Å². The van der Waals surface area contributed by atoms with Crippen LogP contribution < -0.4 is 4.74 Å². The summed E-state index contributed by atoms with van der Waals surface area (Å²) < 4.78 is 34.2. The van der Waals surface area contributed by atoms with E-state index >= 15 is 0 Å². The SMILES string of the molecule is COC(=O)c1cc(S(C)(=O)=O)c(-c2ccc(C)cc2)cc1OC. The number of esters is 1. The van der Waals surface area contributed by atoms with Crippen molar-refractivity contribution in [3.8, 4) is 16.9 Å². The van der Waals surface area contributed by atoms with Gasteiger partial charge in [0.05, 0.1) is 19.1 Å². The van der Waals surface area contributed by atoms with Gasteiger partial charge in [0.1, 0.15) is 11.3 Å². The normalized spacial score (nSPS) is 11.1. The van der Waals surface area contributed by atoms with Gasteiger partial charge in [0.25, 0.3) is 0 Å². The van der Waals surface area contributed by atoms with Gasteiger partial charge in [-0.05, 0) is 24.6 Å². The third-order valence-corrected chi connectivity index (χ3v) is 4.61. The van der Waals surface area contributed by atoms with Crippen LogP contribution >= 0.6 is 0 Å². The number of hydrogen-bond donors (Lipinski definition) is 0. The van der Waals surface area contributed by atoms with Gasteiger partial charge in [0.15, 0.2) is 9.84 Å². The fourth-order valence-electron chi connectivity index (χ4n) is 2.26.